The molecule has 0 aliphatic carbocycles. The third-order valence-corrected chi connectivity index (χ3v) is 4.89. The molecular weight excluding hydrogens is 385 g/mol. The molecular formula is C20H29Cl2N3O2. The fraction of sp³-hybridized carbons (Fsp3) is 0.500. The smallest absolute Gasteiger partial charge is 0.223 e. The van der Waals surface area contributed by atoms with Crippen molar-refractivity contribution in [2.75, 3.05) is 26.7 Å². The number of amides is 1. The number of piperidine rings is 1. The summed E-state index contributed by atoms with van der Waals surface area (Å²) in [5.74, 6) is 2.35. The number of rotatable bonds is 6. The third-order valence-electron chi connectivity index (χ3n) is 4.89. The van der Waals surface area contributed by atoms with E-state index in [2.05, 4.69) is 10.3 Å². The zero-order valence-corrected chi connectivity index (χ0v) is 17.6. The Morgan fingerprint density at radius 3 is 2.52 bits per heavy atom. The maximum absolute atomic E-state index is 12.4. The molecule has 1 N–H and O–H groups in total. The van der Waals surface area contributed by atoms with E-state index in [1.165, 1.54) is 0 Å². The van der Waals surface area contributed by atoms with Crippen LogP contribution in [0.5, 0.6) is 0 Å². The van der Waals surface area contributed by atoms with Gasteiger partial charge in [0.2, 0.25) is 5.91 Å². The minimum absolute atomic E-state index is 0. The number of aromatic nitrogens is 1. The summed E-state index contributed by atoms with van der Waals surface area (Å²) in [6.07, 6.45) is 3.19. The van der Waals surface area contributed by atoms with Crippen molar-refractivity contribution >= 4 is 30.7 Å². The van der Waals surface area contributed by atoms with Gasteiger partial charge in [0.15, 0.2) is 11.7 Å². The minimum atomic E-state index is 0. The number of hydrogen-bond donors (Lipinski definition) is 1. The van der Waals surface area contributed by atoms with Crippen LogP contribution in [0, 0.1) is 12.8 Å². The average Bonchev–Trinajstić information content (AvgIpc) is 3.02. The van der Waals surface area contributed by atoms with E-state index < -0.39 is 0 Å². The first-order valence-electron chi connectivity index (χ1n) is 9.11. The number of aryl methyl sites for hydroxylation is 2. The predicted octanol–water partition coefficient (Wildman–Crippen LogP) is 3.88. The van der Waals surface area contributed by atoms with Crippen LogP contribution in [0.2, 0.25) is 0 Å². The number of nitrogens with zero attached hydrogens (tertiary/aromatic N) is 2. The SMILES string of the molecule is CNCC1CCN(C(=O)CCc2nc(C)c(-c3ccccc3)o2)CC1.Cl.Cl. The summed E-state index contributed by atoms with van der Waals surface area (Å²) in [6, 6.07) is 9.97. The molecule has 7 heteroatoms. The Kier molecular flexibility index (Phi) is 9.84. The van der Waals surface area contributed by atoms with Crippen molar-refractivity contribution in [2.24, 2.45) is 5.92 Å². The van der Waals surface area contributed by atoms with Gasteiger partial charge in [0.25, 0.3) is 0 Å². The maximum atomic E-state index is 12.4. The van der Waals surface area contributed by atoms with Gasteiger partial charge in [-0.25, -0.2) is 4.98 Å². The number of hydrogen-bond acceptors (Lipinski definition) is 4. The Morgan fingerprint density at radius 1 is 1.22 bits per heavy atom. The Balaban J connectivity index is 0.00000182. The van der Waals surface area contributed by atoms with Gasteiger partial charge >= 0.3 is 0 Å². The highest BCUT2D eigenvalue weighted by atomic mass is 35.5. The largest absolute Gasteiger partial charge is 0.440 e. The lowest BCUT2D eigenvalue weighted by Crippen LogP contribution is -2.40. The quantitative estimate of drug-likeness (QED) is 0.780. The molecule has 1 aromatic heterocycles. The van der Waals surface area contributed by atoms with E-state index in [9.17, 15) is 4.79 Å². The second kappa shape index (κ2) is 11.3. The van der Waals surface area contributed by atoms with E-state index in [0.29, 0.717) is 24.7 Å². The first-order chi connectivity index (χ1) is 12.2. The first-order valence-corrected chi connectivity index (χ1v) is 9.11. The number of halogens is 2. The standard InChI is InChI=1S/C20H27N3O2.2ClH/c1-15-20(17-6-4-3-5-7-17)25-18(22-15)8-9-19(24)23-12-10-16(11-13-23)14-21-2;;/h3-7,16,21H,8-14H2,1-2H3;2*1H. The van der Waals surface area contributed by atoms with Crippen LogP contribution in [0.3, 0.4) is 0 Å². The van der Waals surface area contributed by atoms with Gasteiger partial charge in [-0.2, -0.15) is 0 Å². The van der Waals surface area contributed by atoms with Crippen LogP contribution in [0.4, 0.5) is 0 Å². The molecule has 5 nitrogen and oxygen atoms in total. The molecule has 1 saturated heterocycles. The highest BCUT2D eigenvalue weighted by molar-refractivity contribution is 5.85. The van der Waals surface area contributed by atoms with Crippen molar-refractivity contribution in [1.29, 1.82) is 0 Å². The molecule has 0 unspecified atom stereocenters. The molecule has 150 valence electrons. The molecule has 1 aliphatic rings. The van der Waals surface area contributed by atoms with Gasteiger partial charge in [-0.15, -0.1) is 24.8 Å². The van der Waals surface area contributed by atoms with E-state index in [1.54, 1.807) is 0 Å². The average molecular weight is 414 g/mol. The summed E-state index contributed by atoms with van der Waals surface area (Å²) in [5, 5.41) is 3.23. The van der Waals surface area contributed by atoms with Crippen LogP contribution in [-0.2, 0) is 11.2 Å². The van der Waals surface area contributed by atoms with Gasteiger partial charge < -0.3 is 14.6 Å². The summed E-state index contributed by atoms with van der Waals surface area (Å²) >= 11 is 0. The molecule has 1 amide bonds. The fourth-order valence-electron chi connectivity index (χ4n) is 3.46. The van der Waals surface area contributed by atoms with Crippen molar-refractivity contribution in [3.63, 3.8) is 0 Å². The molecule has 2 aromatic rings. The van der Waals surface area contributed by atoms with E-state index in [-0.39, 0.29) is 30.7 Å². The maximum Gasteiger partial charge on any atom is 0.223 e. The number of carbonyl (C=O) groups excluding carboxylic acids is 1. The lowest BCUT2D eigenvalue weighted by molar-refractivity contribution is -0.132. The second-order valence-electron chi connectivity index (χ2n) is 6.77. The molecule has 27 heavy (non-hydrogen) atoms. The molecule has 1 aliphatic heterocycles. The third kappa shape index (κ3) is 6.23. The summed E-state index contributed by atoms with van der Waals surface area (Å²) in [6.45, 7) is 4.72. The highest BCUT2D eigenvalue weighted by Gasteiger charge is 2.22. The number of oxazole rings is 1. The van der Waals surface area contributed by atoms with Gasteiger partial charge in [0, 0.05) is 31.5 Å². The van der Waals surface area contributed by atoms with Crippen LogP contribution in [0.1, 0.15) is 30.8 Å². The zero-order chi connectivity index (χ0) is 17.6. The molecule has 0 spiro atoms. The molecule has 0 saturated carbocycles. The topological polar surface area (TPSA) is 58.4 Å². The normalized spacial score (nSPS) is 14.4. The van der Waals surface area contributed by atoms with E-state index in [1.807, 2.05) is 49.2 Å². The number of benzene rings is 1. The van der Waals surface area contributed by atoms with Crippen molar-refractivity contribution in [3.05, 3.63) is 41.9 Å². The minimum Gasteiger partial charge on any atom is -0.440 e. The molecule has 3 rings (SSSR count). The van der Waals surface area contributed by atoms with Gasteiger partial charge in [-0.05, 0) is 39.3 Å². The van der Waals surface area contributed by atoms with Crippen molar-refractivity contribution < 1.29 is 9.21 Å². The van der Waals surface area contributed by atoms with Crippen LogP contribution in [-0.4, -0.2) is 42.5 Å². The van der Waals surface area contributed by atoms with Crippen LogP contribution in [0.15, 0.2) is 34.7 Å². The summed E-state index contributed by atoms with van der Waals surface area (Å²) in [4.78, 5) is 18.9. The van der Waals surface area contributed by atoms with E-state index in [4.69, 9.17) is 4.42 Å². The summed E-state index contributed by atoms with van der Waals surface area (Å²) in [7, 11) is 1.99. The Hall–Kier alpha value is -1.56. The van der Waals surface area contributed by atoms with E-state index in [0.717, 1.165) is 49.5 Å². The van der Waals surface area contributed by atoms with Gasteiger partial charge in [0.1, 0.15) is 0 Å². The van der Waals surface area contributed by atoms with E-state index >= 15 is 0 Å². The predicted molar refractivity (Wildman–Crippen MR) is 113 cm³/mol. The summed E-state index contributed by atoms with van der Waals surface area (Å²) < 4.78 is 5.90. The van der Waals surface area contributed by atoms with Crippen molar-refractivity contribution in [3.8, 4) is 11.3 Å². The fourth-order valence-corrected chi connectivity index (χ4v) is 3.46. The molecule has 0 atom stereocenters. The number of likely N-dealkylation sites (tertiary alicyclic amines) is 1. The van der Waals surface area contributed by atoms with Crippen LogP contribution in [0.25, 0.3) is 11.3 Å². The Labute approximate surface area is 173 Å². The lowest BCUT2D eigenvalue weighted by Gasteiger charge is -2.32. The van der Waals surface area contributed by atoms with Gasteiger partial charge in [0.05, 0.1) is 5.69 Å². The van der Waals surface area contributed by atoms with Crippen molar-refractivity contribution in [2.45, 2.75) is 32.6 Å². The molecule has 2 heterocycles. The number of carbonyl (C=O) groups is 1. The zero-order valence-electron chi connectivity index (χ0n) is 15.9. The number of nitrogens with one attached hydrogen (secondary N) is 1. The Morgan fingerprint density at radius 2 is 1.89 bits per heavy atom. The molecule has 1 aromatic carbocycles. The highest BCUT2D eigenvalue weighted by Crippen LogP contribution is 2.25. The molecule has 0 radical (unpaired) electrons. The van der Waals surface area contributed by atoms with Crippen LogP contribution < -0.4 is 5.32 Å². The molecule has 0 bridgehead atoms. The Bertz CT molecular complexity index is 699. The monoisotopic (exact) mass is 413 g/mol. The summed E-state index contributed by atoms with van der Waals surface area (Å²) in [5.41, 5.74) is 1.90. The van der Waals surface area contributed by atoms with Gasteiger partial charge in [-0.1, -0.05) is 30.3 Å². The van der Waals surface area contributed by atoms with Crippen molar-refractivity contribution in [1.82, 2.24) is 15.2 Å². The second-order valence-corrected chi connectivity index (χ2v) is 6.77. The van der Waals surface area contributed by atoms with Gasteiger partial charge in [-0.3, -0.25) is 4.79 Å². The molecule has 1 fully saturated rings. The lowest BCUT2D eigenvalue weighted by atomic mass is 9.96. The van der Waals surface area contributed by atoms with Crippen LogP contribution >= 0.6 is 24.8 Å². The first kappa shape index (κ1) is 23.5.